The summed E-state index contributed by atoms with van der Waals surface area (Å²) in [5.74, 6) is 1.24. The third-order valence-corrected chi connectivity index (χ3v) is 2.08. The first-order valence-electron chi connectivity index (χ1n) is 4.28. The molecular weight excluding hydrogens is 178 g/mol. The van der Waals surface area contributed by atoms with Crippen LogP contribution in [0, 0.1) is 0 Å². The largest absolute Gasteiger partial charge is 0.497 e. The molecule has 2 aromatic rings. The van der Waals surface area contributed by atoms with Crippen molar-refractivity contribution in [1.82, 2.24) is 0 Å². The maximum absolute atomic E-state index is 5.66. The van der Waals surface area contributed by atoms with E-state index in [0.29, 0.717) is 5.88 Å². The van der Waals surface area contributed by atoms with Crippen LogP contribution in [0.3, 0.4) is 0 Å². The monoisotopic (exact) mass is 189 g/mol. The molecule has 0 aliphatic rings. The number of nitrogens with two attached hydrogens (primary N) is 1. The second kappa shape index (κ2) is 3.46. The summed E-state index contributed by atoms with van der Waals surface area (Å²) < 4.78 is 10.2. The standard InChI is InChI=1S/C11H11NO2/c1-13-9-4-2-3-8(7-9)10-5-6-14-11(10)12/h2-7H,12H2,1H3. The summed E-state index contributed by atoms with van der Waals surface area (Å²) in [5, 5.41) is 0. The normalized spacial score (nSPS) is 10.1. The van der Waals surface area contributed by atoms with Gasteiger partial charge in [0, 0.05) is 5.56 Å². The van der Waals surface area contributed by atoms with E-state index < -0.39 is 0 Å². The van der Waals surface area contributed by atoms with Crippen LogP contribution in [0.25, 0.3) is 11.1 Å². The summed E-state index contributed by atoms with van der Waals surface area (Å²) in [6.45, 7) is 0. The molecule has 0 bridgehead atoms. The van der Waals surface area contributed by atoms with Gasteiger partial charge >= 0.3 is 0 Å². The van der Waals surface area contributed by atoms with Crippen LogP contribution < -0.4 is 10.5 Å². The van der Waals surface area contributed by atoms with Crippen LogP contribution in [0.15, 0.2) is 41.0 Å². The minimum Gasteiger partial charge on any atom is -0.497 e. The Morgan fingerprint density at radius 2 is 2.14 bits per heavy atom. The number of anilines is 1. The predicted molar refractivity (Wildman–Crippen MR) is 55.1 cm³/mol. The highest BCUT2D eigenvalue weighted by molar-refractivity contribution is 5.73. The molecule has 0 aliphatic heterocycles. The molecule has 0 aliphatic carbocycles. The smallest absolute Gasteiger partial charge is 0.197 e. The summed E-state index contributed by atoms with van der Waals surface area (Å²) in [6.07, 6.45) is 1.57. The van der Waals surface area contributed by atoms with E-state index in [-0.39, 0.29) is 0 Å². The quantitative estimate of drug-likeness (QED) is 0.789. The molecule has 0 fully saturated rings. The zero-order chi connectivity index (χ0) is 9.97. The number of hydrogen-bond acceptors (Lipinski definition) is 3. The highest BCUT2D eigenvalue weighted by Gasteiger charge is 2.05. The van der Waals surface area contributed by atoms with E-state index in [1.165, 1.54) is 0 Å². The highest BCUT2D eigenvalue weighted by Crippen LogP contribution is 2.28. The number of furan rings is 1. The average molecular weight is 189 g/mol. The maximum atomic E-state index is 5.66. The van der Waals surface area contributed by atoms with Crippen molar-refractivity contribution < 1.29 is 9.15 Å². The Balaban J connectivity index is 2.47. The van der Waals surface area contributed by atoms with Gasteiger partial charge in [0.15, 0.2) is 5.88 Å². The Morgan fingerprint density at radius 1 is 1.29 bits per heavy atom. The van der Waals surface area contributed by atoms with Crippen molar-refractivity contribution in [3.05, 3.63) is 36.6 Å². The highest BCUT2D eigenvalue weighted by atomic mass is 16.5. The SMILES string of the molecule is COc1cccc(-c2ccoc2N)c1. The van der Waals surface area contributed by atoms with Gasteiger partial charge in [0.1, 0.15) is 5.75 Å². The summed E-state index contributed by atoms with van der Waals surface area (Å²) in [6, 6.07) is 9.52. The first-order chi connectivity index (χ1) is 6.81. The number of hydrogen-bond donors (Lipinski definition) is 1. The summed E-state index contributed by atoms with van der Waals surface area (Å²) in [5.41, 5.74) is 7.55. The van der Waals surface area contributed by atoms with Crippen LogP contribution in [-0.4, -0.2) is 7.11 Å². The van der Waals surface area contributed by atoms with Crippen molar-refractivity contribution in [3.63, 3.8) is 0 Å². The van der Waals surface area contributed by atoms with Crippen LogP contribution in [0.1, 0.15) is 0 Å². The summed E-state index contributed by atoms with van der Waals surface area (Å²) >= 11 is 0. The van der Waals surface area contributed by atoms with Crippen molar-refractivity contribution >= 4 is 5.88 Å². The molecule has 0 saturated heterocycles. The fourth-order valence-corrected chi connectivity index (χ4v) is 1.35. The lowest BCUT2D eigenvalue weighted by Crippen LogP contribution is -1.86. The molecule has 0 spiro atoms. The van der Waals surface area contributed by atoms with Crippen molar-refractivity contribution in [2.75, 3.05) is 12.8 Å². The van der Waals surface area contributed by atoms with E-state index in [0.717, 1.165) is 16.9 Å². The number of rotatable bonds is 2. The molecule has 0 saturated carbocycles. The van der Waals surface area contributed by atoms with Gasteiger partial charge < -0.3 is 14.9 Å². The number of methoxy groups -OCH3 is 1. The van der Waals surface area contributed by atoms with Crippen LogP contribution in [0.5, 0.6) is 5.75 Å². The van der Waals surface area contributed by atoms with Gasteiger partial charge in [-0.3, -0.25) is 0 Å². The molecule has 1 aromatic heterocycles. The molecule has 2 rings (SSSR count). The predicted octanol–water partition coefficient (Wildman–Crippen LogP) is 2.54. The maximum Gasteiger partial charge on any atom is 0.197 e. The third-order valence-electron chi connectivity index (χ3n) is 2.08. The topological polar surface area (TPSA) is 48.4 Å². The first kappa shape index (κ1) is 8.69. The van der Waals surface area contributed by atoms with Crippen molar-refractivity contribution in [1.29, 1.82) is 0 Å². The molecule has 3 nitrogen and oxygen atoms in total. The Hall–Kier alpha value is -1.90. The fraction of sp³-hybridized carbons (Fsp3) is 0.0909. The number of nitrogen functional groups attached to an aromatic ring is 1. The summed E-state index contributed by atoms with van der Waals surface area (Å²) in [7, 11) is 1.64. The summed E-state index contributed by atoms with van der Waals surface area (Å²) in [4.78, 5) is 0. The van der Waals surface area contributed by atoms with Crippen molar-refractivity contribution in [2.24, 2.45) is 0 Å². The second-order valence-corrected chi connectivity index (χ2v) is 2.93. The minimum absolute atomic E-state index is 0.429. The Morgan fingerprint density at radius 3 is 2.79 bits per heavy atom. The van der Waals surface area contributed by atoms with Gasteiger partial charge in [-0.1, -0.05) is 12.1 Å². The zero-order valence-corrected chi connectivity index (χ0v) is 7.86. The van der Waals surface area contributed by atoms with E-state index in [9.17, 15) is 0 Å². The van der Waals surface area contributed by atoms with Crippen LogP contribution in [0.4, 0.5) is 5.88 Å². The third kappa shape index (κ3) is 1.44. The molecule has 1 heterocycles. The average Bonchev–Trinajstić information content (AvgIpc) is 2.65. The Kier molecular flexibility index (Phi) is 2.14. The lowest BCUT2D eigenvalue weighted by molar-refractivity contribution is 0.415. The van der Waals surface area contributed by atoms with Gasteiger partial charge in [-0.15, -0.1) is 0 Å². The number of benzene rings is 1. The van der Waals surface area contributed by atoms with Gasteiger partial charge in [0.2, 0.25) is 0 Å². The van der Waals surface area contributed by atoms with Crippen LogP contribution in [-0.2, 0) is 0 Å². The lowest BCUT2D eigenvalue weighted by Gasteiger charge is -2.02. The van der Waals surface area contributed by atoms with Crippen molar-refractivity contribution in [2.45, 2.75) is 0 Å². The first-order valence-corrected chi connectivity index (χ1v) is 4.28. The van der Waals surface area contributed by atoms with Gasteiger partial charge in [0.25, 0.3) is 0 Å². The number of ether oxygens (including phenoxy) is 1. The molecule has 0 radical (unpaired) electrons. The molecule has 1 aromatic carbocycles. The van der Waals surface area contributed by atoms with Crippen molar-refractivity contribution in [3.8, 4) is 16.9 Å². The Bertz CT molecular complexity index is 434. The Labute approximate surface area is 82.1 Å². The molecule has 0 unspecified atom stereocenters. The second-order valence-electron chi connectivity index (χ2n) is 2.93. The minimum atomic E-state index is 0.429. The van der Waals surface area contributed by atoms with E-state index in [1.807, 2.05) is 30.3 Å². The van der Waals surface area contributed by atoms with Crippen LogP contribution >= 0.6 is 0 Å². The van der Waals surface area contributed by atoms with Gasteiger partial charge in [0.05, 0.1) is 13.4 Å². The van der Waals surface area contributed by atoms with Gasteiger partial charge in [-0.2, -0.15) is 0 Å². The molecule has 0 amide bonds. The zero-order valence-electron chi connectivity index (χ0n) is 7.86. The molecule has 14 heavy (non-hydrogen) atoms. The molecule has 2 N–H and O–H groups in total. The molecule has 0 atom stereocenters. The van der Waals surface area contributed by atoms with Crippen LogP contribution in [0.2, 0.25) is 0 Å². The lowest BCUT2D eigenvalue weighted by atomic mass is 10.1. The molecular formula is C11H11NO2. The van der Waals surface area contributed by atoms with E-state index in [1.54, 1.807) is 13.4 Å². The van der Waals surface area contributed by atoms with Gasteiger partial charge in [-0.05, 0) is 23.8 Å². The van der Waals surface area contributed by atoms with Gasteiger partial charge in [-0.25, -0.2) is 0 Å². The van der Waals surface area contributed by atoms with E-state index in [4.69, 9.17) is 14.9 Å². The molecule has 72 valence electrons. The van der Waals surface area contributed by atoms with E-state index >= 15 is 0 Å². The van der Waals surface area contributed by atoms with E-state index in [2.05, 4.69) is 0 Å². The fourth-order valence-electron chi connectivity index (χ4n) is 1.35. The molecule has 3 heteroatoms.